The zero-order valence-electron chi connectivity index (χ0n) is 13.2. The highest BCUT2D eigenvalue weighted by molar-refractivity contribution is 5.09. The fourth-order valence-electron chi connectivity index (χ4n) is 3.90. The van der Waals surface area contributed by atoms with Crippen molar-refractivity contribution in [1.29, 1.82) is 0 Å². The molecule has 2 fully saturated rings. The summed E-state index contributed by atoms with van der Waals surface area (Å²) in [5.41, 5.74) is 0.401. The van der Waals surface area contributed by atoms with Crippen LogP contribution in [0.25, 0.3) is 0 Å². The zero-order valence-corrected chi connectivity index (χ0v) is 13.2. The molecule has 0 spiro atoms. The third kappa shape index (κ3) is 2.17. The van der Waals surface area contributed by atoms with Crippen LogP contribution in [-0.2, 0) is 20.6 Å². The number of likely N-dealkylation sites (tertiary alicyclic amines) is 1. The summed E-state index contributed by atoms with van der Waals surface area (Å²) in [6.07, 6.45) is 0. The summed E-state index contributed by atoms with van der Waals surface area (Å²) in [7, 11) is 3.26. The van der Waals surface area contributed by atoms with Gasteiger partial charge in [-0.1, -0.05) is 0 Å². The molecule has 116 valence electrons. The van der Waals surface area contributed by atoms with Crippen molar-refractivity contribution in [1.82, 2.24) is 19.4 Å². The molecule has 21 heavy (non-hydrogen) atoms. The molecular weight excluding hydrogens is 268 g/mol. The number of nitrogens with one attached hydrogen (secondary N) is 1. The van der Waals surface area contributed by atoms with Gasteiger partial charge < -0.3 is 5.32 Å². The number of fused-ring (bicyclic) bond motifs is 1. The van der Waals surface area contributed by atoms with Gasteiger partial charge in [0.25, 0.3) is 5.56 Å². The maximum Gasteiger partial charge on any atom is 0.330 e. The fraction of sp³-hybridized carbons (Fsp3) is 0.733. The lowest BCUT2D eigenvalue weighted by Crippen LogP contribution is -2.46. The average Bonchev–Trinajstić information content (AvgIpc) is 2.97. The topological polar surface area (TPSA) is 59.3 Å². The third-order valence-electron chi connectivity index (χ3n) is 5.50. The second kappa shape index (κ2) is 4.81. The number of rotatable bonds is 2. The minimum Gasteiger partial charge on any atom is -0.316 e. The third-order valence-corrected chi connectivity index (χ3v) is 5.50. The molecule has 0 aliphatic carbocycles. The summed E-state index contributed by atoms with van der Waals surface area (Å²) in [5, 5.41) is 3.47. The van der Waals surface area contributed by atoms with Gasteiger partial charge >= 0.3 is 5.69 Å². The number of aromatic nitrogens is 2. The maximum absolute atomic E-state index is 12.0. The van der Waals surface area contributed by atoms with Crippen molar-refractivity contribution >= 4 is 0 Å². The van der Waals surface area contributed by atoms with Gasteiger partial charge in [0.15, 0.2) is 0 Å². The molecule has 1 aromatic heterocycles. The van der Waals surface area contributed by atoms with E-state index in [-0.39, 0.29) is 16.8 Å². The first-order chi connectivity index (χ1) is 9.82. The lowest BCUT2D eigenvalue weighted by atomic mass is 9.85. The van der Waals surface area contributed by atoms with Crippen LogP contribution in [0.4, 0.5) is 0 Å². The highest BCUT2D eigenvalue weighted by atomic mass is 16.2. The molecule has 0 saturated carbocycles. The first-order valence-corrected chi connectivity index (χ1v) is 7.54. The second-order valence-electron chi connectivity index (χ2n) is 6.93. The Balaban J connectivity index is 1.92. The van der Waals surface area contributed by atoms with Crippen molar-refractivity contribution in [2.24, 2.45) is 25.9 Å². The molecule has 3 rings (SSSR count). The molecular formula is C15H24N4O2. The Hall–Kier alpha value is -1.40. The molecule has 3 heterocycles. The van der Waals surface area contributed by atoms with E-state index in [0.717, 1.165) is 29.9 Å². The van der Waals surface area contributed by atoms with Crippen molar-refractivity contribution in [3.63, 3.8) is 0 Å². The Morgan fingerprint density at radius 2 is 1.95 bits per heavy atom. The second-order valence-corrected chi connectivity index (χ2v) is 6.93. The standard InChI is InChI=1S/C15H24N4O2/c1-15(2)12-7-16-6-10(12)8-19(15)9-11-5-13(20)18(4)14(21)17(11)3/h5,10,12,16H,6-9H2,1-4H3. The summed E-state index contributed by atoms with van der Waals surface area (Å²) < 4.78 is 2.74. The summed E-state index contributed by atoms with van der Waals surface area (Å²) >= 11 is 0. The van der Waals surface area contributed by atoms with E-state index in [9.17, 15) is 9.59 Å². The predicted octanol–water partition coefficient (Wildman–Crippen LogP) is -0.486. The van der Waals surface area contributed by atoms with E-state index in [0.29, 0.717) is 18.4 Å². The van der Waals surface area contributed by atoms with Gasteiger partial charge in [0.2, 0.25) is 0 Å². The first-order valence-electron chi connectivity index (χ1n) is 7.54. The van der Waals surface area contributed by atoms with Gasteiger partial charge in [-0.3, -0.25) is 18.8 Å². The smallest absolute Gasteiger partial charge is 0.316 e. The molecule has 0 radical (unpaired) electrons. The van der Waals surface area contributed by atoms with E-state index in [1.807, 2.05) is 0 Å². The minimum atomic E-state index is -0.253. The maximum atomic E-state index is 12.0. The summed E-state index contributed by atoms with van der Waals surface area (Å²) in [4.78, 5) is 26.3. The Kier molecular flexibility index (Phi) is 3.33. The van der Waals surface area contributed by atoms with Crippen molar-refractivity contribution in [2.75, 3.05) is 19.6 Å². The van der Waals surface area contributed by atoms with Crippen LogP contribution in [0, 0.1) is 11.8 Å². The van der Waals surface area contributed by atoms with Crippen molar-refractivity contribution in [2.45, 2.75) is 25.9 Å². The molecule has 2 unspecified atom stereocenters. The number of hydrogen-bond donors (Lipinski definition) is 1. The summed E-state index contributed by atoms with van der Waals surface area (Å²) in [5.74, 6) is 1.31. The van der Waals surface area contributed by atoms with Crippen LogP contribution in [0.5, 0.6) is 0 Å². The molecule has 0 bridgehead atoms. The van der Waals surface area contributed by atoms with Gasteiger partial charge in [0.05, 0.1) is 0 Å². The van der Waals surface area contributed by atoms with Gasteiger partial charge in [-0.2, -0.15) is 0 Å². The number of nitrogens with zero attached hydrogens (tertiary/aromatic N) is 3. The monoisotopic (exact) mass is 292 g/mol. The van der Waals surface area contributed by atoms with Crippen molar-refractivity contribution in [3.05, 3.63) is 32.6 Å². The van der Waals surface area contributed by atoms with Gasteiger partial charge in [0, 0.05) is 51.0 Å². The molecule has 2 aliphatic heterocycles. The minimum absolute atomic E-state index is 0.0886. The van der Waals surface area contributed by atoms with E-state index < -0.39 is 0 Å². The Morgan fingerprint density at radius 3 is 2.62 bits per heavy atom. The quantitative estimate of drug-likeness (QED) is 0.799. The lowest BCUT2D eigenvalue weighted by Gasteiger charge is -2.35. The number of hydrogen-bond acceptors (Lipinski definition) is 4. The lowest BCUT2D eigenvalue weighted by molar-refractivity contribution is 0.128. The molecule has 6 nitrogen and oxygen atoms in total. The average molecular weight is 292 g/mol. The highest BCUT2D eigenvalue weighted by Gasteiger charge is 2.49. The van der Waals surface area contributed by atoms with Crippen LogP contribution in [0.3, 0.4) is 0 Å². The summed E-state index contributed by atoms with van der Waals surface area (Å²) in [6, 6.07) is 1.59. The van der Waals surface area contributed by atoms with Crippen LogP contribution in [0.15, 0.2) is 15.7 Å². The fourth-order valence-corrected chi connectivity index (χ4v) is 3.90. The normalized spacial score (nSPS) is 28.0. The molecule has 2 aliphatic rings. The summed E-state index contributed by atoms with van der Waals surface area (Å²) in [6.45, 7) is 8.34. The Bertz CT molecular complexity index is 673. The van der Waals surface area contributed by atoms with Crippen LogP contribution < -0.4 is 16.6 Å². The van der Waals surface area contributed by atoms with Crippen LogP contribution in [0.2, 0.25) is 0 Å². The molecule has 0 amide bonds. The van der Waals surface area contributed by atoms with E-state index in [1.54, 1.807) is 17.7 Å². The van der Waals surface area contributed by atoms with Crippen LogP contribution >= 0.6 is 0 Å². The van der Waals surface area contributed by atoms with E-state index in [1.165, 1.54) is 7.05 Å². The molecule has 2 atom stereocenters. The van der Waals surface area contributed by atoms with E-state index in [2.05, 4.69) is 24.1 Å². The Labute approximate surface area is 124 Å². The molecule has 0 aromatic carbocycles. The molecule has 1 aromatic rings. The zero-order chi connectivity index (χ0) is 15.4. The van der Waals surface area contributed by atoms with Gasteiger partial charge in [-0.25, -0.2) is 4.79 Å². The van der Waals surface area contributed by atoms with E-state index >= 15 is 0 Å². The van der Waals surface area contributed by atoms with Crippen LogP contribution in [-0.4, -0.2) is 39.2 Å². The van der Waals surface area contributed by atoms with Gasteiger partial charge in [-0.15, -0.1) is 0 Å². The van der Waals surface area contributed by atoms with Crippen molar-refractivity contribution in [3.8, 4) is 0 Å². The largest absolute Gasteiger partial charge is 0.330 e. The molecule has 6 heteroatoms. The van der Waals surface area contributed by atoms with Crippen molar-refractivity contribution < 1.29 is 0 Å². The van der Waals surface area contributed by atoms with Crippen LogP contribution in [0.1, 0.15) is 19.5 Å². The van der Waals surface area contributed by atoms with Gasteiger partial charge in [-0.05, 0) is 32.2 Å². The molecule has 2 saturated heterocycles. The first kappa shape index (κ1) is 14.5. The predicted molar refractivity (Wildman–Crippen MR) is 81.3 cm³/mol. The highest BCUT2D eigenvalue weighted by Crippen LogP contribution is 2.41. The Morgan fingerprint density at radius 1 is 1.24 bits per heavy atom. The van der Waals surface area contributed by atoms with Gasteiger partial charge in [0.1, 0.15) is 0 Å². The molecule has 1 N–H and O–H groups in total. The van der Waals surface area contributed by atoms with E-state index in [4.69, 9.17) is 0 Å². The SMILES string of the molecule is Cn1c(CN2CC3CNCC3C2(C)C)cc(=O)n(C)c1=O.